The Morgan fingerprint density at radius 1 is 1.00 bits per heavy atom. The molecule has 0 saturated carbocycles. The van der Waals surface area contributed by atoms with Crippen LogP contribution in [0.25, 0.3) is 0 Å². The Kier molecular flexibility index (Phi) is 11.1. The second-order valence-electron chi connectivity index (χ2n) is 4.56. The zero-order valence-corrected chi connectivity index (χ0v) is 15.0. The smallest absolute Gasteiger partial charge is 0.495 e. The second kappa shape index (κ2) is 11.3. The van der Waals surface area contributed by atoms with Crippen molar-refractivity contribution in [3.05, 3.63) is 11.8 Å². The van der Waals surface area contributed by atoms with Gasteiger partial charge < -0.3 is 18.0 Å². The summed E-state index contributed by atoms with van der Waals surface area (Å²) in [5.41, 5.74) is 0. The molecule has 0 heterocycles. The first-order chi connectivity index (χ1) is 9.57. The topological polar surface area (TPSA) is 36.9 Å². The predicted octanol–water partition coefficient (Wildman–Crippen LogP) is 4.14. The molecule has 5 heteroatoms. The van der Waals surface area contributed by atoms with Crippen LogP contribution in [0.4, 0.5) is 0 Å². The molecule has 0 radical (unpaired) electrons. The van der Waals surface area contributed by atoms with Gasteiger partial charge >= 0.3 is 8.80 Å². The summed E-state index contributed by atoms with van der Waals surface area (Å²) in [5.74, 6) is 1.04. The van der Waals surface area contributed by atoms with Crippen molar-refractivity contribution in [1.29, 1.82) is 0 Å². The van der Waals surface area contributed by atoms with E-state index >= 15 is 0 Å². The summed E-state index contributed by atoms with van der Waals surface area (Å²) < 4.78 is 23.4. The Balaban J connectivity index is 4.49. The highest BCUT2D eigenvalue weighted by Gasteiger charge is 2.40. The quantitative estimate of drug-likeness (QED) is 0.401. The van der Waals surface area contributed by atoms with Gasteiger partial charge in [0.2, 0.25) is 0 Å². The molecule has 0 spiro atoms. The largest absolute Gasteiger partial charge is 0.501 e. The molecule has 0 rings (SSSR count). The van der Waals surface area contributed by atoms with Crippen LogP contribution in [-0.2, 0) is 18.0 Å². The van der Waals surface area contributed by atoms with Crippen molar-refractivity contribution in [2.24, 2.45) is 0 Å². The normalized spacial score (nSPS) is 14.4. The molecule has 0 aliphatic rings. The standard InChI is InChI=1S/C15H32O4Si/c1-7-15(8-2)19-14(6)12-13-20(16-9-3,17-10-4)18-11-5/h7,14H,8-13H2,1-6H3/b15-7-. The van der Waals surface area contributed by atoms with Gasteiger partial charge in [-0.3, -0.25) is 0 Å². The minimum absolute atomic E-state index is 0.148. The van der Waals surface area contributed by atoms with Crippen LogP contribution in [0.2, 0.25) is 6.04 Å². The molecule has 20 heavy (non-hydrogen) atoms. The van der Waals surface area contributed by atoms with Gasteiger partial charge in [-0.15, -0.1) is 0 Å². The van der Waals surface area contributed by atoms with E-state index in [-0.39, 0.29) is 6.10 Å². The molecule has 1 unspecified atom stereocenters. The van der Waals surface area contributed by atoms with Gasteiger partial charge in [0, 0.05) is 32.3 Å². The van der Waals surface area contributed by atoms with Crippen LogP contribution in [0, 0.1) is 0 Å². The molecule has 120 valence electrons. The Bertz CT molecular complexity index is 252. The van der Waals surface area contributed by atoms with Gasteiger partial charge in [-0.1, -0.05) is 6.92 Å². The highest BCUT2D eigenvalue weighted by molar-refractivity contribution is 6.60. The maximum Gasteiger partial charge on any atom is 0.501 e. The van der Waals surface area contributed by atoms with Crippen molar-refractivity contribution in [3.8, 4) is 0 Å². The van der Waals surface area contributed by atoms with Crippen LogP contribution in [0.5, 0.6) is 0 Å². The predicted molar refractivity (Wildman–Crippen MR) is 84.7 cm³/mol. The Labute approximate surface area is 125 Å². The third kappa shape index (κ3) is 7.43. The van der Waals surface area contributed by atoms with Crippen molar-refractivity contribution >= 4 is 8.80 Å². The van der Waals surface area contributed by atoms with Crippen LogP contribution < -0.4 is 0 Å². The summed E-state index contributed by atoms with van der Waals surface area (Å²) in [6, 6.07) is 0.796. The summed E-state index contributed by atoms with van der Waals surface area (Å²) in [4.78, 5) is 0. The zero-order chi connectivity index (χ0) is 15.4. The molecule has 0 aliphatic carbocycles. The average molecular weight is 305 g/mol. The average Bonchev–Trinajstić information content (AvgIpc) is 2.43. The van der Waals surface area contributed by atoms with Crippen molar-refractivity contribution in [3.63, 3.8) is 0 Å². The van der Waals surface area contributed by atoms with Gasteiger partial charge in [-0.2, -0.15) is 0 Å². The maximum atomic E-state index is 5.90. The molecule has 0 bridgehead atoms. The number of hydrogen-bond acceptors (Lipinski definition) is 4. The lowest BCUT2D eigenvalue weighted by atomic mass is 10.3. The molecule has 0 saturated heterocycles. The first kappa shape index (κ1) is 19.6. The van der Waals surface area contributed by atoms with Crippen LogP contribution >= 0.6 is 0 Å². The number of ether oxygens (including phenoxy) is 1. The van der Waals surface area contributed by atoms with E-state index in [4.69, 9.17) is 18.0 Å². The fraction of sp³-hybridized carbons (Fsp3) is 0.867. The fourth-order valence-corrected chi connectivity index (χ4v) is 4.82. The van der Waals surface area contributed by atoms with Gasteiger partial charge in [0.05, 0.1) is 11.9 Å². The highest BCUT2D eigenvalue weighted by Crippen LogP contribution is 2.21. The molecule has 0 N–H and O–H groups in total. The molecule has 0 amide bonds. The first-order valence-electron chi connectivity index (χ1n) is 7.81. The Morgan fingerprint density at radius 2 is 1.50 bits per heavy atom. The molecule has 0 fully saturated rings. The first-order valence-corrected chi connectivity index (χ1v) is 9.74. The third-order valence-electron chi connectivity index (χ3n) is 2.97. The van der Waals surface area contributed by atoms with E-state index in [9.17, 15) is 0 Å². The third-order valence-corrected chi connectivity index (χ3v) is 6.06. The van der Waals surface area contributed by atoms with E-state index in [0.29, 0.717) is 19.8 Å². The molecule has 0 aliphatic heterocycles. The van der Waals surface area contributed by atoms with Crippen molar-refractivity contribution in [1.82, 2.24) is 0 Å². The van der Waals surface area contributed by atoms with Crippen molar-refractivity contribution < 1.29 is 18.0 Å². The lowest BCUT2D eigenvalue weighted by Crippen LogP contribution is -2.46. The van der Waals surface area contributed by atoms with Gasteiger partial charge in [0.15, 0.2) is 0 Å². The molecular weight excluding hydrogens is 272 g/mol. The van der Waals surface area contributed by atoms with Gasteiger partial charge in [-0.05, 0) is 47.1 Å². The molecule has 1 atom stereocenters. The minimum atomic E-state index is -2.53. The summed E-state index contributed by atoms with van der Waals surface area (Å²) in [7, 11) is -2.53. The van der Waals surface area contributed by atoms with Crippen LogP contribution in [-0.4, -0.2) is 34.7 Å². The zero-order valence-electron chi connectivity index (χ0n) is 14.0. The van der Waals surface area contributed by atoms with E-state index < -0.39 is 8.80 Å². The van der Waals surface area contributed by atoms with E-state index in [1.807, 2.05) is 33.8 Å². The molecule has 0 aromatic rings. The molecule has 4 nitrogen and oxygen atoms in total. The number of allylic oxidation sites excluding steroid dienone is 2. The highest BCUT2D eigenvalue weighted by atomic mass is 28.4. The number of rotatable bonds is 12. The lowest BCUT2D eigenvalue weighted by molar-refractivity contribution is 0.0621. The second-order valence-corrected chi connectivity index (χ2v) is 7.29. The summed E-state index contributed by atoms with van der Waals surface area (Å²) in [5, 5.41) is 0. The van der Waals surface area contributed by atoms with Gasteiger partial charge in [0.1, 0.15) is 0 Å². The Hall–Kier alpha value is -0.363. The minimum Gasteiger partial charge on any atom is -0.495 e. The maximum absolute atomic E-state index is 5.90. The van der Waals surface area contributed by atoms with Crippen LogP contribution in [0.15, 0.2) is 11.8 Å². The van der Waals surface area contributed by atoms with E-state index in [0.717, 1.165) is 24.6 Å². The monoisotopic (exact) mass is 304 g/mol. The van der Waals surface area contributed by atoms with Crippen LogP contribution in [0.3, 0.4) is 0 Å². The van der Waals surface area contributed by atoms with Crippen LogP contribution in [0.1, 0.15) is 54.4 Å². The lowest BCUT2D eigenvalue weighted by Gasteiger charge is -2.29. The van der Waals surface area contributed by atoms with Gasteiger partial charge in [0.25, 0.3) is 0 Å². The van der Waals surface area contributed by atoms with Gasteiger partial charge in [-0.25, -0.2) is 0 Å². The van der Waals surface area contributed by atoms with E-state index in [1.54, 1.807) is 0 Å². The Morgan fingerprint density at radius 3 is 1.85 bits per heavy atom. The summed E-state index contributed by atoms with van der Waals surface area (Å²) in [6.07, 6.45) is 3.97. The summed E-state index contributed by atoms with van der Waals surface area (Å²) in [6.45, 7) is 14.0. The fourth-order valence-electron chi connectivity index (χ4n) is 2.05. The SMILES string of the molecule is C/C=C(/CC)OC(C)CC[Si](OCC)(OCC)OCC. The molecule has 0 aromatic carbocycles. The number of hydrogen-bond donors (Lipinski definition) is 0. The molecule has 0 aromatic heterocycles. The molecular formula is C15H32O4Si. The van der Waals surface area contributed by atoms with Crippen molar-refractivity contribution in [2.45, 2.75) is 66.5 Å². The van der Waals surface area contributed by atoms with Crippen molar-refractivity contribution in [2.75, 3.05) is 19.8 Å². The summed E-state index contributed by atoms with van der Waals surface area (Å²) >= 11 is 0. The van der Waals surface area contributed by atoms with E-state index in [1.165, 1.54) is 0 Å². The van der Waals surface area contributed by atoms with E-state index in [2.05, 4.69) is 13.8 Å².